The molecule has 0 aliphatic carbocycles. The zero-order chi connectivity index (χ0) is 19.4. The number of hydrogen-bond donors (Lipinski definition) is 1. The van der Waals surface area contributed by atoms with E-state index in [4.69, 9.17) is 9.47 Å². The molecular formula is C20H26N4O3. The van der Waals surface area contributed by atoms with Crippen LogP contribution >= 0.6 is 0 Å². The number of nitrogens with one attached hydrogen (secondary N) is 1. The molecule has 0 aliphatic heterocycles. The third-order valence-electron chi connectivity index (χ3n) is 4.61. The molecule has 7 nitrogen and oxygen atoms in total. The van der Waals surface area contributed by atoms with E-state index in [-0.39, 0.29) is 12.1 Å². The first-order chi connectivity index (χ1) is 13.0. The van der Waals surface area contributed by atoms with Crippen LogP contribution in [0.4, 0.5) is 4.79 Å². The smallest absolute Gasteiger partial charge is 0.410 e. The first kappa shape index (κ1) is 19.1. The Morgan fingerprint density at radius 2 is 2.07 bits per heavy atom. The van der Waals surface area contributed by atoms with Gasteiger partial charge in [-0.25, -0.2) is 9.78 Å². The molecule has 0 saturated carbocycles. The van der Waals surface area contributed by atoms with Crippen LogP contribution in [0.5, 0.6) is 5.75 Å². The Labute approximate surface area is 158 Å². The fourth-order valence-corrected chi connectivity index (χ4v) is 3.04. The van der Waals surface area contributed by atoms with Crippen LogP contribution in [0.1, 0.15) is 27.2 Å². The highest BCUT2D eigenvalue weighted by Gasteiger charge is 2.21. The van der Waals surface area contributed by atoms with E-state index in [1.165, 1.54) is 0 Å². The highest BCUT2D eigenvalue weighted by atomic mass is 16.6. The normalized spacial score (nSPS) is 12.6. The molecule has 0 spiro atoms. The predicted octanol–water partition coefficient (Wildman–Crippen LogP) is 3.99. The summed E-state index contributed by atoms with van der Waals surface area (Å²) in [6.45, 7) is 7.39. The van der Waals surface area contributed by atoms with Crippen molar-refractivity contribution < 1.29 is 14.3 Å². The number of fused-ring (bicyclic) bond motifs is 3. The van der Waals surface area contributed by atoms with Crippen LogP contribution in [0.3, 0.4) is 0 Å². The molecule has 1 N–H and O–H groups in total. The van der Waals surface area contributed by atoms with Gasteiger partial charge in [0, 0.05) is 37.8 Å². The number of rotatable bonds is 7. The van der Waals surface area contributed by atoms with Gasteiger partial charge < -0.3 is 19.4 Å². The summed E-state index contributed by atoms with van der Waals surface area (Å²) in [5.74, 6) is 0.802. The van der Waals surface area contributed by atoms with Gasteiger partial charge in [0.05, 0.1) is 29.1 Å². The average molecular weight is 370 g/mol. The number of aromatic amines is 1. The van der Waals surface area contributed by atoms with Crippen molar-refractivity contribution in [3.8, 4) is 5.75 Å². The second-order valence-electron chi connectivity index (χ2n) is 7.10. The fraction of sp³-hybridized carbons (Fsp3) is 0.450. The zero-order valence-electron chi connectivity index (χ0n) is 16.2. The monoisotopic (exact) mass is 370 g/mol. The molecule has 3 rings (SSSR count). The Morgan fingerprint density at radius 1 is 1.26 bits per heavy atom. The van der Waals surface area contributed by atoms with Crippen LogP contribution in [-0.2, 0) is 4.74 Å². The van der Waals surface area contributed by atoms with E-state index in [9.17, 15) is 4.79 Å². The minimum absolute atomic E-state index is 0.0461. The number of H-pyrrole nitrogens is 1. The quantitative estimate of drug-likeness (QED) is 0.680. The molecule has 0 fully saturated rings. The van der Waals surface area contributed by atoms with Crippen LogP contribution in [0.2, 0.25) is 0 Å². The van der Waals surface area contributed by atoms with Crippen molar-refractivity contribution in [2.75, 3.05) is 20.3 Å². The lowest BCUT2D eigenvalue weighted by atomic mass is 10.1. The molecule has 27 heavy (non-hydrogen) atoms. The first-order valence-electron chi connectivity index (χ1n) is 9.18. The maximum Gasteiger partial charge on any atom is 0.415 e. The molecular weight excluding hydrogens is 344 g/mol. The molecule has 1 atom stereocenters. The number of hydrogen-bond acceptors (Lipinski definition) is 5. The molecule has 144 valence electrons. The summed E-state index contributed by atoms with van der Waals surface area (Å²) in [7, 11) is 1.69. The van der Waals surface area contributed by atoms with Gasteiger partial charge in [-0.3, -0.25) is 4.98 Å². The summed E-state index contributed by atoms with van der Waals surface area (Å²) in [5.41, 5.74) is 2.47. The molecule has 1 amide bonds. The molecule has 7 heteroatoms. The lowest BCUT2D eigenvalue weighted by molar-refractivity contribution is 0.120. The first-order valence-corrected chi connectivity index (χ1v) is 9.18. The zero-order valence-corrected chi connectivity index (χ0v) is 16.2. The number of benzene rings is 1. The highest BCUT2D eigenvalue weighted by Crippen LogP contribution is 2.25. The molecule has 3 aromatic rings. The van der Waals surface area contributed by atoms with Crippen LogP contribution in [0.15, 0.2) is 30.7 Å². The Kier molecular flexibility index (Phi) is 5.91. The maximum absolute atomic E-state index is 12.7. The van der Waals surface area contributed by atoms with Crippen molar-refractivity contribution in [3.63, 3.8) is 0 Å². The Bertz CT molecular complexity index is 922. The van der Waals surface area contributed by atoms with E-state index in [0.29, 0.717) is 24.8 Å². The SMILES string of the molecule is COCCC(C)CN(C(=O)Oc1ccc2c(c1)ncc1[nH]cnc12)C(C)C. The summed E-state index contributed by atoms with van der Waals surface area (Å²) < 4.78 is 10.8. The largest absolute Gasteiger partial charge is 0.415 e. The summed E-state index contributed by atoms with van der Waals surface area (Å²) in [4.78, 5) is 26.2. The molecule has 2 heterocycles. The minimum Gasteiger partial charge on any atom is -0.410 e. The number of pyridine rings is 1. The Hall–Kier alpha value is -2.67. The van der Waals surface area contributed by atoms with Gasteiger partial charge in [-0.15, -0.1) is 0 Å². The van der Waals surface area contributed by atoms with Crippen molar-refractivity contribution >= 4 is 28.0 Å². The van der Waals surface area contributed by atoms with E-state index in [1.54, 1.807) is 36.7 Å². The molecule has 1 aromatic carbocycles. The van der Waals surface area contributed by atoms with Crippen LogP contribution in [0.25, 0.3) is 21.9 Å². The topological polar surface area (TPSA) is 80.3 Å². The van der Waals surface area contributed by atoms with E-state index >= 15 is 0 Å². The van der Waals surface area contributed by atoms with Gasteiger partial charge in [0.1, 0.15) is 5.75 Å². The van der Waals surface area contributed by atoms with E-state index in [1.807, 2.05) is 19.9 Å². The predicted molar refractivity (Wildman–Crippen MR) is 105 cm³/mol. The molecule has 1 unspecified atom stereocenters. The second-order valence-corrected chi connectivity index (χ2v) is 7.10. The fourth-order valence-electron chi connectivity index (χ4n) is 3.04. The number of aromatic nitrogens is 3. The van der Waals surface area contributed by atoms with Gasteiger partial charge in [-0.05, 0) is 38.3 Å². The number of imidazole rings is 1. The molecule has 2 aromatic heterocycles. The van der Waals surface area contributed by atoms with Crippen molar-refractivity contribution in [3.05, 3.63) is 30.7 Å². The lowest BCUT2D eigenvalue weighted by Crippen LogP contribution is -2.41. The third kappa shape index (κ3) is 4.36. The number of amides is 1. The number of methoxy groups -OCH3 is 1. The van der Waals surface area contributed by atoms with E-state index in [0.717, 1.165) is 28.4 Å². The number of ether oxygens (including phenoxy) is 2. The van der Waals surface area contributed by atoms with Gasteiger partial charge in [0.2, 0.25) is 0 Å². The van der Waals surface area contributed by atoms with Gasteiger partial charge in [-0.2, -0.15) is 0 Å². The third-order valence-corrected chi connectivity index (χ3v) is 4.61. The summed E-state index contributed by atoms with van der Waals surface area (Å²) in [6, 6.07) is 5.48. The maximum atomic E-state index is 12.7. The van der Waals surface area contributed by atoms with Crippen LogP contribution in [0, 0.1) is 5.92 Å². The summed E-state index contributed by atoms with van der Waals surface area (Å²) in [5, 5.41) is 0.919. The molecule has 0 aliphatic rings. The highest BCUT2D eigenvalue weighted by molar-refractivity contribution is 6.02. The number of carbonyl (C=O) groups excluding carboxylic acids is 1. The lowest BCUT2D eigenvalue weighted by Gasteiger charge is -2.28. The minimum atomic E-state index is -0.352. The molecule has 0 radical (unpaired) electrons. The van der Waals surface area contributed by atoms with Crippen molar-refractivity contribution in [1.29, 1.82) is 0 Å². The van der Waals surface area contributed by atoms with Gasteiger partial charge in [-0.1, -0.05) is 6.92 Å². The number of carbonyl (C=O) groups is 1. The van der Waals surface area contributed by atoms with Crippen LogP contribution < -0.4 is 4.74 Å². The second kappa shape index (κ2) is 8.35. The average Bonchev–Trinajstić information content (AvgIpc) is 3.13. The van der Waals surface area contributed by atoms with Crippen molar-refractivity contribution in [2.24, 2.45) is 5.92 Å². The summed E-state index contributed by atoms with van der Waals surface area (Å²) in [6.07, 6.45) is 3.92. The van der Waals surface area contributed by atoms with Crippen LogP contribution in [-0.4, -0.2) is 52.2 Å². The summed E-state index contributed by atoms with van der Waals surface area (Å²) >= 11 is 0. The van der Waals surface area contributed by atoms with Gasteiger partial charge in [0.25, 0.3) is 0 Å². The van der Waals surface area contributed by atoms with Gasteiger partial charge in [0.15, 0.2) is 0 Å². The van der Waals surface area contributed by atoms with Gasteiger partial charge >= 0.3 is 6.09 Å². The van der Waals surface area contributed by atoms with Crippen molar-refractivity contribution in [1.82, 2.24) is 19.9 Å². The number of nitrogens with zero attached hydrogens (tertiary/aromatic N) is 3. The molecule has 0 bridgehead atoms. The Balaban J connectivity index is 1.75. The Morgan fingerprint density at radius 3 is 2.81 bits per heavy atom. The standard InChI is InChI=1S/C20H26N4O3/c1-13(2)24(11-14(3)7-8-26-4)20(25)27-15-5-6-16-17(9-15)21-10-18-19(16)23-12-22-18/h5-6,9-10,12-14H,7-8,11H2,1-4H3,(H,22,23). The van der Waals surface area contributed by atoms with E-state index < -0.39 is 0 Å². The van der Waals surface area contributed by atoms with E-state index in [2.05, 4.69) is 21.9 Å². The molecule has 0 saturated heterocycles. The van der Waals surface area contributed by atoms with Crippen molar-refractivity contribution in [2.45, 2.75) is 33.2 Å².